The second-order valence-electron chi connectivity index (χ2n) is 7.70. The van der Waals surface area contributed by atoms with Crippen LogP contribution >= 0.6 is 11.6 Å². The van der Waals surface area contributed by atoms with Crippen LogP contribution in [-0.2, 0) is 9.59 Å². The van der Waals surface area contributed by atoms with Gasteiger partial charge in [0.15, 0.2) is 6.04 Å². The van der Waals surface area contributed by atoms with Gasteiger partial charge in [0.05, 0.1) is 5.70 Å². The number of nitrogens with zero attached hydrogens (tertiary/aromatic N) is 3. The van der Waals surface area contributed by atoms with Gasteiger partial charge in [0, 0.05) is 29.8 Å². The van der Waals surface area contributed by atoms with Crippen molar-refractivity contribution < 1.29 is 19.8 Å². The number of carboxylic acid groups (broad SMARTS) is 1. The van der Waals surface area contributed by atoms with Gasteiger partial charge in [0.25, 0.3) is 5.91 Å². The van der Waals surface area contributed by atoms with E-state index in [9.17, 15) is 14.7 Å². The number of carbonyl (C=O) groups is 2. The van der Waals surface area contributed by atoms with E-state index in [2.05, 4.69) is 15.2 Å². The van der Waals surface area contributed by atoms with Crippen LogP contribution in [0.25, 0.3) is 0 Å². The van der Waals surface area contributed by atoms with Crippen LogP contribution in [0.2, 0.25) is 5.02 Å². The SMILES string of the molecule is CC1=NC(C)=C(O)C(C(=O)NCC(=O)O)N1C1CCN(c2ccc(Cl)cc2C)CC1. The first kappa shape index (κ1) is 22.0. The van der Waals surface area contributed by atoms with E-state index in [0.29, 0.717) is 16.6 Å². The minimum Gasteiger partial charge on any atom is -0.508 e. The molecule has 1 saturated heterocycles. The maximum atomic E-state index is 12.7. The van der Waals surface area contributed by atoms with E-state index in [4.69, 9.17) is 16.7 Å². The van der Waals surface area contributed by atoms with E-state index in [-0.39, 0.29) is 11.8 Å². The van der Waals surface area contributed by atoms with Crippen molar-refractivity contribution in [2.45, 2.75) is 45.7 Å². The van der Waals surface area contributed by atoms with Gasteiger partial charge < -0.3 is 25.3 Å². The van der Waals surface area contributed by atoms with Crippen molar-refractivity contribution in [1.82, 2.24) is 10.2 Å². The second-order valence-corrected chi connectivity index (χ2v) is 8.14. The van der Waals surface area contributed by atoms with Crippen molar-refractivity contribution in [3.05, 3.63) is 40.2 Å². The molecule has 2 aliphatic heterocycles. The highest BCUT2D eigenvalue weighted by molar-refractivity contribution is 6.30. The number of aliphatic hydroxyl groups is 1. The Balaban J connectivity index is 1.77. The first-order valence-electron chi connectivity index (χ1n) is 9.93. The summed E-state index contributed by atoms with van der Waals surface area (Å²) in [5.74, 6) is -1.18. The number of amides is 1. The predicted octanol–water partition coefficient (Wildman–Crippen LogP) is 2.71. The number of amidine groups is 1. The number of carbonyl (C=O) groups excluding carboxylic acids is 1. The second kappa shape index (κ2) is 8.95. The van der Waals surface area contributed by atoms with Gasteiger partial charge in [-0.15, -0.1) is 0 Å². The summed E-state index contributed by atoms with van der Waals surface area (Å²) < 4.78 is 0. The van der Waals surface area contributed by atoms with Gasteiger partial charge in [-0.3, -0.25) is 9.59 Å². The molecule has 0 radical (unpaired) electrons. The third-order valence-corrected chi connectivity index (χ3v) is 5.87. The Labute approximate surface area is 180 Å². The number of hydrogen-bond donors (Lipinski definition) is 3. The topological polar surface area (TPSA) is 105 Å². The van der Waals surface area contributed by atoms with Gasteiger partial charge in [-0.05, 0) is 57.4 Å². The lowest BCUT2D eigenvalue weighted by Gasteiger charge is -2.44. The minimum absolute atomic E-state index is 0.00608. The highest BCUT2D eigenvalue weighted by Crippen LogP contribution is 2.31. The smallest absolute Gasteiger partial charge is 0.322 e. The molecule has 0 spiro atoms. The van der Waals surface area contributed by atoms with Crippen molar-refractivity contribution in [1.29, 1.82) is 0 Å². The van der Waals surface area contributed by atoms with E-state index in [1.165, 1.54) is 0 Å². The standard InChI is InChI=1S/C21H27ClN4O4/c1-12-10-15(22)4-5-17(12)25-8-6-16(7-9-25)26-14(3)24-13(2)20(29)19(26)21(30)23-11-18(27)28/h4-5,10,16,19,29H,6-9,11H2,1-3H3,(H,23,30)(H,27,28). The fraction of sp³-hybridized carbons (Fsp3) is 0.476. The molecule has 3 N–H and O–H groups in total. The molecule has 1 aromatic carbocycles. The average molecular weight is 435 g/mol. The highest BCUT2D eigenvalue weighted by atomic mass is 35.5. The van der Waals surface area contributed by atoms with E-state index in [1.807, 2.05) is 36.9 Å². The number of aliphatic hydroxyl groups excluding tert-OH is 1. The Morgan fingerprint density at radius 3 is 2.50 bits per heavy atom. The maximum Gasteiger partial charge on any atom is 0.322 e. The summed E-state index contributed by atoms with van der Waals surface area (Å²) in [6.45, 7) is 6.54. The number of rotatable bonds is 5. The van der Waals surface area contributed by atoms with E-state index in [0.717, 1.165) is 37.2 Å². The molecule has 0 aliphatic carbocycles. The number of allylic oxidation sites excluding steroid dienone is 1. The first-order chi connectivity index (χ1) is 14.2. The van der Waals surface area contributed by atoms with Crippen LogP contribution in [0.15, 0.2) is 34.6 Å². The number of aliphatic carboxylic acids is 1. The Morgan fingerprint density at radius 2 is 1.90 bits per heavy atom. The van der Waals surface area contributed by atoms with Gasteiger partial charge >= 0.3 is 5.97 Å². The van der Waals surface area contributed by atoms with Crippen LogP contribution in [0, 0.1) is 6.92 Å². The predicted molar refractivity (Wildman–Crippen MR) is 116 cm³/mol. The van der Waals surface area contributed by atoms with E-state index >= 15 is 0 Å². The van der Waals surface area contributed by atoms with E-state index < -0.39 is 24.5 Å². The van der Waals surface area contributed by atoms with Crippen LogP contribution < -0.4 is 10.2 Å². The zero-order valence-corrected chi connectivity index (χ0v) is 18.1. The molecule has 1 unspecified atom stereocenters. The number of anilines is 1. The summed E-state index contributed by atoms with van der Waals surface area (Å²) >= 11 is 6.07. The van der Waals surface area contributed by atoms with Gasteiger partial charge in [0.2, 0.25) is 0 Å². The first-order valence-corrected chi connectivity index (χ1v) is 10.3. The molecule has 0 saturated carbocycles. The van der Waals surface area contributed by atoms with Crippen LogP contribution in [0.1, 0.15) is 32.3 Å². The molecule has 0 aromatic heterocycles. The van der Waals surface area contributed by atoms with Crippen molar-refractivity contribution in [2.24, 2.45) is 4.99 Å². The van der Waals surface area contributed by atoms with Crippen LogP contribution in [-0.4, -0.2) is 64.5 Å². The zero-order chi connectivity index (χ0) is 22.0. The van der Waals surface area contributed by atoms with E-state index in [1.54, 1.807) is 6.92 Å². The molecule has 2 heterocycles. The number of piperidine rings is 1. The summed E-state index contributed by atoms with van der Waals surface area (Å²) in [7, 11) is 0. The third kappa shape index (κ3) is 4.53. The van der Waals surface area contributed by atoms with Crippen LogP contribution in [0.3, 0.4) is 0 Å². The van der Waals surface area contributed by atoms with Crippen molar-refractivity contribution in [3.8, 4) is 0 Å². The number of carboxylic acids is 1. The normalized spacial score (nSPS) is 20.3. The van der Waals surface area contributed by atoms with Gasteiger partial charge in [0.1, 0.15) is 18.1 Å². The number of aliphatic imine (C=N–C) groups is 1. The molecule has 1 atom stereocenters. The molecular formula is C21H27ClN4O4. The molecular weight excluding hydrogens is 408 g/mol. The molecule has 9 heteroatoms. The lowest BCUT2D eigenvalue weighted by Crippen LogP contribution is -2.58. The lowest BCUT2D eigenvalue weighted by molar-refractivity contribution is -0.138. The van der Waals surface area contributed by atoms with Gasteiger partial charge in [-0.25, -0.2) is 4.99 Å². The molecule has 162 valence electrons. The largest absolute Gasteiger partial charge is 0.508 e. The Morgan fingerprint density at radius 1 is 1.23 bits per heavy atom. The molecule has 0 bridgehead atoms. The van der Waals surface area contributed by atoms with Gasteiger partial charge in [-0.2, -0.15) is 0 Å². The lowest BCUT2D eigenvalue weighted by atomic mass is 9.97. The summed E-state index contributed by atoms with van der Waals surface area (Å²) in [5, 5.41) is 22.6. The molecule has 8 nitrogen and oxygen atoms in total. The quantitative estimate of drug-likeness (QED) is 0.658. The van der Waals surface area contributed by atoms with Crippen molar-refractivity contribution in [3.63, 3.8) is 0 Å². The molecule has 2 aliphatic rings. The van der Waals surface area contributed by atoms with Gasteiger partial charge in [-0.1, -0.05) is 11.6 Å². The Hall–Kier alpha value is -2.74. The Bertz CT molecular complexity index is 906. The number of benzene rings is 1. The molecule has 1 amide bonds. The number of hydrogen-bond acceptors (Lipinski definition) is 6. The summed E-state index contributed by atoms with van der Waals surface area (Å²) in [5.41, 5.74) is 2.61. The molecule has 3 rings (SSSR count). The van der Waals surface area contributed by atoms with Crippen LogP contribution in [0.4, 0.5) is 5.69 Å². The Kier molecular flexibility index (Phi) is 6.55. The number of nitrogens with one attached hydrogen (secondary N) is 1. The maximum absolute atomic E-state index is 12.7. The molecule has 30 heavy (non-hydrogen) atoms. The minimum atomic E-state index is -1.14. The molecule has 1 fully saturated rings. The third-order valence-electron chi connectivity index (χ3n) is 5.63. The zero-order valence-electron chi connectivity index (χ0n) is 17.4. The monoisotopic (exact) mass is 434 g/mol. The van der Waals surface area contributed by atoms with Crippen LogP contribution in [0.5, 0.6) is 0 Å². The highest BCUT2D eigenvalue weighted by Gasteiger charge is 2.40. The fourth-order valence-electron chi connectivity index (χ4n) is 4.22. The fourth-order valence-corrected chi connectivity index (χ4v) is 4.44. The summed E-state index contributed by atoms with van der Waals surface area (Å²) in [4.78, 5) is 32.1. The summed E-state index contributed by atoms with van der Waals surface area (Å²) in [6, 6.07) is 4.86. The van der Waals surface area contributed by atoms with Crippen molar-refractivity contribution >= 4 is 35.0 Å². The number of aryl methyl sites for hydroxylation is 1. The average Bonchev–Trinajstić information content (AvgIpc) is 2.69. The van der Waals surface area contributed by atoms with Crippen molar-refractivity contribution in [2.75, 3.05) is 24.5 Å². The number of halogens is 1. The summed E-state index contributed by atoms with van der Waals surface area (Å²) in [6.07, 6.45) is 1.54. The molecule has 1 aromatic rings.